The number of hydrogen-bond donors (Lipinski definition) is 0. The monoisotopic (exact) mass is 249 g/mol. The van der Waals surface area contributed by atoms with Crippen molar-refractivity contribution in [3.63, 3.8) is 0 Å². The van der Waals surface area contributed by atoms with Crippen LogP contribution in [0.4, 0.5) is 0 Å². The van der Waals surface area contributed by atoms with Crippen LogP contribution in [0.1, 0.15) is 26.3 Å². The molecule has 1 atom stereocenters. The summed E-state index contributed by atoms with van der Waals surface area (Å²) >= 11 is 0. The van der Waals surface area contributed by atoms with E-state index in [1.54, 1.807) is 0 Å². The quantitative estimate of drug-likeness (QED) is 0.768. The standard InChI is InChI=1S/C15H23NO2/c1-15(2,3)18-14(17)13(16(4)5)11-12-9-7-6-8-10-12/h6-10,13H,11H2,1-5H3. The summed E-state index contributed by atoms with van der Waals surface area (Å²) in [6.45, 7) is 5.67. The van der Waals surface area contributed by atoms with Crippen LogP contribution in [0.2, 0.25) is 0 Å². The second-order valence-electron chi connectivity index (χ2n) is 5.70. The van der Waals surface area contributed by atoms with Crippen LogP contribution in [0.5, 0.6) is 0 Å². The lowest BCUT2D eigenvalue weighted by atomic mass is 10.0. The van der Waals surface area contributed by atoms with Crippen LogP contribution in [0.3, 0.4) is 0 Å². The van der Waals surface area contributed by atoms with Crippen LogP contribution >= 0.6 is 0 Å². The van der Waals surface area contributed by atoms with Gasteiger partial charge in [0.15, 0.2) is 0 Å². The van der Waals surface area contributed by atoms with Gasteiger partial charge in [-0.25, -0.2) is 0 Å². The van der Waals surface area contributed by atoms with Gasteiger partial charge in [0, 0.05) is 0 Å². The number of benzene rings is 1. The van der Waals surface area contributed by atoms with E-state index in [4.69, 9.17) is 4.74 Å². The summed E-state index contributed by atoms with van der Waals surface area (Å²) in [6, 6.07) is 9.75. The minimum absolute atomic E-state index is 0.170. The molecule has 0 saturated carbocycles. The van der Waals surface area contributed by atoms with Crippen LogP contribution in [-0.4, -0.2) is 36.6 Å². The average molecular weight is 249 g/mol. The first-order chi connectivity index (χ1) is 8.29. The van der Waals surface area contributed by atoms with E-state index in [-0.39, 0.29) is 12.0 Å². The summed E-state index contributed by atoms with van der Waals surface area (Å²) in [6.07, 6.45) is 0.669. The molecule has 0 amide bonds. The van der Waals surface area contributed by atoms with E-state index in [1.807, 2.05) is 70.1 Å². The number of carbonyl (C=O) groups excluding carboxylic acids is 1. The average Bonchev–Trinajstić information content (AvgIpc) is 2.24. The zero-order valence-electron chi connectivity index (χ0n) is 11.9. The van der Waals surface area contributed by atoms with E-state index in [1.165, 1.54) is 0 Å². The van der Waals surface area contributed by atoms with Gasteiger partial charge in [0.2, 0.25) is 0 Å². The van der Waals surface area contributed by atoms with Gasteiger partial charge in [-0.15, -0.1) is 0 Å². The minimum Gasteiger partial charge on any atom is -0.459 e. The highest BCUT2D eigenvalue weighted by molar-refractivity contribution is 5.76. The highest BCUT2D eigenvalue weighted by Gasteiger charge is 2.26. The lowest BCUT2D eigenvalue weighted by Gasteiger charge is -2.27. The molecule has 100 valence electrons. The van der Waals surface area contributed by atoms with Gasteiger partial charge in [-0.3, -0.25) is 9.69 Å². The number of rotatable bonds is 4. The molecule has 0 bridgehead atoms. The molecule has 3 nitrogen and oxygen atoms in total. The molecule has 1 aromatic carbocycles. The Labute approximate surface area is 110 Å². The number of nitrogens with zero attached hydrogens (tertiary/aromatic N) is 1. The Morgan fingerprint density at radius 3 is 2.22 bits per heavy atom. The van der Waals surface area contributed by atoms with Crippen molar-refractivity contribution in [2.24, 2.45) is 0 Å². The SMILES string of the molecule is CN(C)C(Cc1ccccc1)C(=O)OC(C)(C)C. The molecule has 1 aromatic rings. The first-order valence-electron chi connectivity index (χ1n) is 6.23. The van der Waals surface area contributed by atoms with Crippen molar-refractivity contribution in [2.75, 3.05) is 14.1 Å². The zero-order valence-corrected chi connectivity index (χ0v) is 11.9. The van der Waals surface area contributed by atoms with Gasteiger partial charge in [0.25, 0.3) is 0 Å². The molecule has 1 unspecified atom stereocenters. The van der Waals surface area contributed by atoms with E-state index < -0.39 is 5.60 Å². The summed E-state index contributed by atoms with van der Waals surface area (Å²) < 4.78 is 5.45. The molecule has 18 heavy (non-hydrogen) atoms. The highest BCUT2D eigenvalue weighted by atomic mass is 16.6. The Balaban J connectivity index is 2.75. The molecule has 0 saturated heterocycles. The number of esters is 1. The van der Waals surface area contributed by atoms with Crippen LogP contribution in [0, 0.1) is 0 Å². The van der Waals surface area contributed by atoms with Gasteiger partial charge < -0.3 is 4.74 Å². The molecule has 0 aliphatic rings. The van der Waals surface area contributed by atoms with Crippen molar-refractivity contribution in [1.29, 1.82) is 0 Å². The fraction of sp³-hybridized carbons (Fsp3) is 0.533. The molecular weight excluding hydrogens is 226 g/mol. The van der Waals surface area contributed by atoms with Crippen molar-refractivity contribution >= 4 is 5.97 Å². The summed E-state index contributed by atoms with van der Waals surface area (Å²) in [5.41, 5.74) is 0.698. The predicted molar refractivity (Wildman–Crippen MR) is 73.5 cm³/mol. The molecule has 3 heteroatoms. The maximum Gasteiger partial charge on any atom is 0.324 e. The lowest BCUT2D eigenvalue weighted by molar-refractivity contribution is -0.160. The van der Waals surface area contributed by atoms with Crippen molar-refractivity contribution < 1.29 is 9.53 Å². The Hall–Kier alpha value is -1.35. The van der Waals surface area contributed by atoms with Crippen LogP contribution in [0.25, 0.3) is 0 Å². The molecule has 0 spiro atoms. The van der Waals surface area contributed by atoms with Gasteiger partial charge in [-0.05, 0) is 46.9 Å². The fourth-order valence-electron chi connectivity index (χ4n) is 1.68. The van der Waals surface area contributed by atoms with E-state index >= 15 is 0 Å². The Morgan fingerprint density at radius 2 is 1.78 bits per heavy atom. The first kappa shape index (κ1) is 14.7. The molecular formula is C15H23NO2. The second kappa shape index (κ2) is 6.01. The molecule has 0 aromatic heterocycles. The highest BCUT2D eigenvalue weighted by Crippen LogP contribution is 2.13. The molecule has 0 N–H and O–H groups in total. The van der Waals surface area contributed by atoms with E-state index in [0.717, 1.165) is 5.56 Å². The predicted octanol–water partition coefficient (Wildman–Crippen LogP) is 2.50. The van der Waals surface area contributed by atoms with Crippen molar-refractivity contribution in [2.45, 2.75) is 38.8 Å². The van der Waals surface area contributed by atoms with Crippen molar-refractivity contribution in [1.82, 2.24) is 4.90 Å². The molecule has 0 heterocycles. The van der Waals surface area contributed by atoms with E-state index in [9.17, 15) is 4.79 Å². The van der Waals surface area contributed by atoms with Gasteiger partial charge in [0.05, 0.1) is 0 Å². The van der Waals surface area contributed by atoms with Gasteiger partial charge in [-0.2, -0.15) is 0 Å². The van der Waals surface area contributed by atoms with E-state index in [2.05, 4.69) is 0 Å². The molecule has 0 radical (unpaired) electrons. The molecule has 1 rings (SSSR count). The summed E-state index contributed by atoms with van der Waals surface area (Å²) in [5.74, 6) is -0.170. The third-order valence-corrected chi connectivity index (χ3v) is 2.57. The van der Waals surface area contributed by atoms with Crippen molar-refractivity contribution in [3.8, 4) is 0 Å². The largest absolute Gasteiger partial charge is 0.459 e. The van der Waals surface area contributed by atoms with Crippen molar-refractivity contribution in [3.05, 3.63) is 35.9 Å². The third kappa shape index (κ3) is 4.88. The molecule has 0 aliphatic heterocycles. The number of likely N-dealkylation sites (N-methyl/N-ethyl adjacent to an activating group) is 1. The van der Waals surface area contributed by atoms with Crippen LogP contribution < -0.4 is 0 Å². The Kier molecular flexibility index (Phi) is 4.91. The summed E-state index contributed by atoms with van der Waals surface area (Å²) in [7, 11) is 3.80. The maximum absolute atomic E-state index is 12.1. The van der Waals surface area contributed by atoms with Gasteiger partial charge in [0.1, 0.15) is 11.6 Å². The smallest absolute Gasteiger partial charge is 0.324 e. The number of hydrogen-bond acceptors (Lipinski definition) is 3. The summed E-state index contributed by atoms with van der Waals surface area (Å²) in [4.78, 5) is 14.0. The molecule has 0 fully saturated rings. The van der Waals surface area contributed by atoms with Crippen LogP contribution in [-0.2, 0) is 16.0 Å². The third-order valence-electron chi connectivity index (χ3n) is 2.57. The Bertz CT molecular complexity index is 379. The number of carbonyl (C=O) groups is 1. The second-order valence-corrected chi connectivity index (χ2v) is 5.70. The maximum atomic E-state index is 12.1. The van der Waals surface area contributed by atoms with E-state index in [0.29, 0.717) is 6.42 Å². The summed E-state index contributed by atoms with van der Waals surface area (Å²) in [5, 5.41) is 0. The topological polar surface area (TPSA) is 29.5 Å². The van der Waals surface area contributed by atoms with Crippen LogP contribution in [0.15, 0.2) is 30.3 Å². The Morgan fingerprint density at radius 1 is 1.22 bits per heavy atom. The zero-order chi connectivity index (χ0) is 13.8. The lowest BCUT2D eigenvalue weighted by Crippen LogP contribution is -2.42. The van der Waals surface area contributed by atoms with Gasteiger partial charge in [-0.1, -0.05) is 30.3 Å². The first-order valence-corrected chi connectivity index (χ1v) is 6.23. The minimum atomic E-state index is -0.442. The molecule has 0 aliphatic carbocycles. The fourth-order valence-corrected chi connectivity index (χ4v) is 1.68. The normalized spacial score (nSPS) is 13.4. The van der Waals surface area contributed by atoms with Gasteiger partial charge >= 0.3 is 5.97 Å². The number of ether oxygens (including phenoxy) is 1.